The molecular formula is C28H47N5O5. The summed E-state index contributed by atoms with van der Waals surface area (Å²) < 4.78 is 0. The van der Waals surface area contributed by atoms with Crippen molar-refractivity contribution in [1.29, 1.82) is 0 Å². The van der Waals surface area contributed by atoms with Crippen molar-refractivity contribution in [3.8, 4) is 0 Å². The van der Waals surface area contributed by atoms with Crippen LogP contribution < -0.4 is 21.3 Å². The normalized spacial score (nSPS) is 14.9. The minimum atomic E-state index is -0.912. The third-order valence-electron chi connectivity index (χ3n) is 6.70. The van der Waals surface area contributed by atoms with Crippen LogP contribution in [0.3, 0.4) is 0 Å². The molecule has 1 fully saturated rings. The lowest BCUT2D eigenvalue weighted by atomic mass is 9.83. The van der Waals surface area contributed by atoms with Crippen LogP contribution in [0.2, 0.25) is 0 Å². The van der Waals surface area contributed by atoms with Gasteiger partial charge < -0.3 is 26.2 Å². The van der Waals surface area contributed by atoms with E-state index in [1.807, 2.05) is 6.92 Å². The molecule has 2 atom stereocenters. The molecule has 0 bridgehead atoms. The molecule has 1 rings (SSSR count). The molecule has 0 heterocycles. The molecule has 10 heteroatoms. The summed E-state index contributed by atoms with van der Waals surface area (Å²) in [5.74, 6) is -1.73. The summed E-state index contributed by atoms with van der Waals surface area (Å²) in [5.41, 5.74) is 0. The Bertz CT molecular complexity index is 809. The van der Waals surface area contributed by atoms with E-state index in [1.165, 1.54) is 0 Å². The third kappa shape index (κ3) is 12.4. The van der Waals surface area contributed by atoms with Gasteiger partial charge in [-0.25, -0.2) is 4.79 Å². The molecule has 4 N–H and O–H groups in total. The fourth-order valence-corrected chi connectivity index (χ4v) is 4.54. The molecular weight excluding hydrogens is 486 g/mol. The third-order valence-corrected chi connectivity index (χ3v) is 6.70. The van der Waals surface area contributed by atoms with Gasteiger partial charge in [-0.3, -0.25) is 19.2 Å². The zero-order valence-corrected chi connectivity index (χ0v) is 23.2. The summed E-state index contributed by atoms with van der Waals surface area (Å²) in [6.07, 6.45) is 10.9. The molecule has 1 aliphatic rings. The van der Waals surface area contributed by atoms with Gasteiger partial charge in [-0.1, -0.05) is 31.4 Å². The average Bonchev–Trinajstić information content (AvgIpc) is 2.91. The number of allylic oxidation sites excluding steroid dienone is 1. The number of amides is 5. The van der Waals surface area contributed by atoms with Crippen molar-refractivity contribution in [2.24, 2.45) is 5.92 Å². The highest BCUT2D eigenvalue weighted by atomic mass is 16.2. The standard InChI is InChI=1S/C28H47N5O5/c1-5-8-17-22(25(35)26(36)30-19-9-6-2)31-23(34)18-13-14-20-33(4)27(37)24(32-28(38)29-7-3)21-15-11-10-12-16-21/h5-6,21-22,24H,1-2,7-20H2,3-4H3,(H,30,36)(H,31,34)(H2,29,32,38). The molecule has 5 amide bonds. The number of hydrogen-bond acceptors (Lipinski definition) is 5. The Balaban J connectivity index is 2.57. The second kappa shape index (κ2) is 19.0. The lowest BCUT2D eigenvalue weighted by Crippen LogP contribution is -2.54. The Kier molecular flexibility index (Phi) is 16.4. The molecule has 1 saturated carbocycles. The first-order valence-electron chi connectivity index (χ1n) is 13.9. The molecule has 38 heavy (non-hydrogen) atoms. The first-order valence-corrected chi connectivity index (χ1v) is 13.9. The first kappa shape index (κ1) is 32.9. The second-order valence-corrected chi connectivity index (χ2v) is 9.78. The van der Waals surface area contributed by atoms with Crippen molar-refractivity contribution < 1.29 is 24.0 Å². The molecule has 1 aliphatic carbocycles. The molecule has 0 radical (unpaired) electrons. The smallest absolute Gasteiger partial charge is 0.315 e. The van der Waals surface area contributed by atoms with Gasteiger partial charge in [-0.05, 0) is 57.8 Å². The molecule has 0 aromatic rings. The van der Waals surface area contributed by atoms with E-state index < -0.39 is 23.8 Å². The van der Waals surface area contributed by atoms with Gasteiger partial charge >= 0.3 is 6.03 Å². The van der Waals surface area contributed by atoms with Gasteiger partial charge in [0, 0.05) is 33.1 Å². The maximum Gasteiger partial charge on any atom is 0.315 e. The minimum Gasteiger partial charge on any atom is -0.349 e. The molecule has 0 aromatic carbocycles. The van der Waals surface area contributed by atoms with Crippen LogP contribution in [-0.2, 0) is 19.2 Å². The Hall–Kier alpha value is -3.17. The zero-order valence-electron chi connectivity index (χ0n) is 23.2. The summed E-state index contributed by atoms with van der Waals surface area (Å²) in [4.78, 5) is 64.2. The van der Waals surface area contributed by atoms with E-state index in [0.29, 0.717) is 51.7 Å². The predicted molar refractivity (Wildman–Crippen MR) is 148 cm³/mol. The number of likely N-dealkylation sites (N-methyl/N-ethyl adjacent to an activating group) is 1. The number of unbranched alkanes of at least 4 members (excludes halogenated alkanes) is 1. The Morgan fingerprint density at radius 3 is 2.26 bits per heavy atom. The fourth-order valence-electron chi connectivity index (χ4n) is 4.54. The number of carbonyl (C=O) groups excluding carboxylic acids is 5. The van der Waals surface area contributed by atoms with Crippen molar-refractivity contribution in [3.63, 3.8) is 0 Å². The zero-order chi connectivity index (χ0) is 28.3. The van der Waals surface area contributed by atoms with Gasteiger partial charge in [-0.15, -0.1) is 13.2 Å². The van der Waals surface area contributed by atoms with Crippen LogP contribution in [-0.4, -0.2) is 73.2 Å². The van der Waals surface area contributed by atoms with E-state index in [1.54, 1.807) is 24.1 Å². The number of ketones is 1. The summed E-state index contributed by atoms with van der Waals surface area (Å²) in [6.45, 7) is 10.3. The second-order valence-electron chi connectivity index (χ2n) is 9.78. The van der Waals surface area contributed by atoms with Gasteiger partial charge in [0.15, 0.2) is 0 Å². The molecule has 10 nitrogen and oxygen atoms in total. The number of nitrogens with one attached hydrogen (secondary N) is 4. The summed E-state index contributed by atoms with van der Waals surface area (Å²) >= 11 is 0. The van der Waals surface area contributed by atoms with Crippen molar-refractivity contribution in [2.75, 3.05) is 26.7 Å². The van der Waals surface area contributed by atoms with Crippen LogP contribution in [0.1, 0.15) is 77.6 Å². The van der Waals surface area contributed by atoms with E-state index in [9.17, 15) is 24.0 Å². The van der Waals surface area contributed by atoms with Crippen molar-refractivity contribution in [3.05, 3.63) is 25.3 Å². The van der Waals surface area contributed by atoms with Crippen LogP contribution in [0.15, 0.2) is 25.3 Å². The molecule has 0 spiro atoms. The van der Waals surface area contributed by atoms with Gasteiger partial charge in [0.2, 0.25) is 17.6 Å². The van der Waals surface area contributed by atoms with Gasteiger partial charge in [0.25, 0.3) is 5.91 Å². The number of rotatable bonds is 18. The summed E-state index contributed by atoms with van der Waals surface area (Å²) in [6, 6.07) is -1.81. The van der Waals surface area contributed by atoms with Crippen LogP contribution >= 0.6 is 0 Å². The molecule has 0 aromatic heterocycles. The van der Waals surface area contributed by atoms with Crippen LogP contribution in [0.4, 0.5) is 4.79 Å². The van der Waals surface area contributed by atoms with Gasteiger partial charge in [-0.2, -0.15) is 0 Å². The highest BCUT2D eigenvalue weighted by molar-refractivity contribution is 6.38. The molecule has 0 saturated heterocycles. The van der Waals surface area contributed by atoms with E-state index in [4.69, 9.17) is 0 Å². The van der Waals surface area contributed by atoms with E-state index >= 15 is 0 Å². The van der Waals surface area contributed by atoms with E-state index in [-0.39, 0.29) is 30.2 Å². The highest BCUT2D eigenvalue weighted by Crippen LogP contribution is 2.27. The lowest BCUT2D eigenvalue weighted by Gasteiger charge is -2.32. The SMILES string of the molecule is C=CCCNC(=O)C(=O)C(CCC=C)NC(=O)CCCCN(C)C(=O)C(NC(=O)NCC)C1CCCCC1. The topological polar surface area (TPSA) is 137 Å². The number of Topliss-reactive ketones (excluding diaryl/α,β-unsaturated/α-hetero) is 1. The van der Waals surface area contributed by atoms with Gasteiger partial charge in [0.1, 0.15) is 6.04 Å². The van der Waals surface area contributed by atoms with Crippen molar-refractivity contribution >= 4 is 29.5 Å². The highest BCUT2D eigenvalue weighted by Gasteiger charge is 2.32. The lowest BCUT2D eigenvalue weighted by molar-refractivity contribution is -0.140. The fraction of sp³-hybridized carbons (Fsp3) is 0.679. The largest absolute Gasteiger partial charge is 0.349 e. The average molecular weight is 534 g/mol. The van der Waals surface area contributed by atoms with Crippen LogP contribution in [0.25, 0.3) is 0 Å². The monoisotopic (exact) mass is 533 g/mol. The number of carbonyl (C=O) groups is 5. The van der Waals surface area contributed by atoms with Crippen LogP contribution in [0.5, 0.6) is 0 Å². The Morgan fingerprint density at radius 2 is 1.63 bits per heavy atom. The quantitative estimate of drug-likeness (QED) is 0.122. The van der Waals surface area contributed by atoms with Crippen molar-refractivity contribution in [1.82, 2.24) is 26.2 Å². The van der Waals surface area contributed by atoms with Crippen molar-refractivity contribution in [2.45, 2.75) is 89.6 Å². The van der Waals surface area contributed by atoms with E-state index in [2.05, 4.69) is 34.4 Å². The Morgan fingerprint density at radius 1 is 0.947 bits per heavy atom. The van der Waals surface area contributed by atoms with E-state index in [0.717, 1.165) is 32.1 Å². The minimum absolute atomic E-state index is 0.117. The van der Waals surface area contributed by atoms with Crippen LogP contribution in [0, 0.1) is 5.92 Å². The first-order chi connectivity index (χ1) is 18.2. The maximum absolute atomic E-state index is 13.2. The maximum atomic E-state index is 13.2. The summed E-state index contributed by atoms with van der Waals surface area (Å²) in [5, 5.41) is 10.8. The number of nitrogens with zero attached hydrogens (tertiary/aromatic N) is 1. The number of urea groups is 1. The predicted octanol–water partition coefficient (Wildman–Crippen LogP) is 2.60. The molecule has 2 unspecified atom stereocenters. The van der Waals surface area contributed by atoms with Gasteiger partial charge in [0.05, 0.1) is 6.04 Å². The molecule has 214 valence electrons. The Labute approximate surface area is 227 Å². The molecule has 0 aliphatic heterocycles. The summed E-state index contributed by atoms with van der Waals surface area (Å²) in [7, 11) is 1.71. The number of hydrogen-bond donors (Lipinski definition) is 4.